The van der Waals surface area contributed by atoms with E-state index in [1.54, 1.807) is 9.58 Å². The standard InChI is InChI=1S/C24H27FN6O3/c1-24(2)14-34-8-7-30(24)21(32)13-31-19-6-4-3-5-16(19)22(28-31)15-11-29(12-15)23(33)17-9-20(26)27-10-18(17)25/h3-6,9-10,15H,7-8,11-14H2,1-2H3,(H2,26,27). The van der Waals surface area contributed by atoms with Gasteiger partial charge in [-0.3, -0.25) is 14.3 Å². The molecule has 1 aromatic carbocycles. The molecule has 0 saturated carbocycles. The number of benzene rings is 1. The van der Waals surface area contributed by atoms with E-state index in [4.69, 9.17) is 15.6 Å². The number of anilines is 1. The van der Waals surface area contributed by atoms with E-state index in [2.05, 4.69) is 4.98 Å². The van der Waals surface area contributed by atoms with E-state index >= 15 is 0 Å². The fourth-order valence-electron chi connectivity index (χ4n) is 4.72. The van der Waals surface area contributed by atoms with E-state index in [0.717, 1.165) is 22.8 Å². The minimum Gasteiger partial charge on any atom is -0.384 e. The zero-order valence-corrected chi connectivity index (χ0v) is 19.2. The van der Waals surface area contributed by atoms with Crippen molar-refractivity contribution < 1.29 is 18.7 Å². The second kappa shape index (κ2) is 8.35. The van der Waals surface area contributed by atoms with E-state index in [0.29, 0.717) is 32.8 Å². The molecule has 5 rings (SSSR count). The normalized spacial score (nSPS) is 18.2. The zero-order chi connectivity index (χ0) is 24.0. The molecule has 2 saturated heterocycles. The minimum absolute atomic E-state index is 0.00715. The highest BCUT2D eigenvalue weighted by molar-refractivity contribution is 5.96. The maximum Gasteiger partial charge on any atom is 0.257 e. The lowest BCUT2D eigenvalue weighted by Gasteiger charge is -2.42. The van der Waals surface area contributed by atoms with Crippen LogP contribution >= 0.6 is 0 Å². The number of carbonyl (C=O) groups is 2. The van der Waals surface area contributed by atoms with E-state index in [1.165, 1.54) is 6.07 Å². The summed E-state index contributed by atoms with van der Waals surface area (Å²) in [6.45, 7) is 6.51. The summed E-state index contributed by atoms with van der Waals surface area (Å²) in [7, 11) is 0. The molecule has 2 fully saturated rings. The zero-order valence-electron chi connectivity index (χ0n) is 19.2. The van der Waals surface area contributed by atoms with Crippen molar-refractivity contribution in [2.24, 2.45) is 0 Å². The van der Waals surface area contributed by atoms with Gasteiger partial charge in [0.1, 0.15) is 12.4 Å². The minimum atomic E-state index is -0.693. The van der Waals surface area contributed by atoms with Gasteiger partial charge in [0, 0.05) is 30.9 Å². The summed E-state index contributed by atoms with van der Waals surface area (Å²) >= 11 is 0. The molecular weight excluding hydrogens is 439 g/mol. The SMILES string of the molecule is CC1(C)COCCN1C(=O)Cn1nc(C2CN(C(=O)c3cc(N)ncc3F)C2)c2ccccc21. The second-order valence-corrected chi connectivity index (χ2v) is 9.47. The molecule has 34 heavy (non-hydrogen) atoms. The number of amides is 2. The van der Waals surface area contributed by atoms with Crippen molar-refractivity contribution in [2.45, 2.75) is 31.8 Å². The number of morpholine rings is 1. The Labute approximate surface area is 196 Å². The number of ether oxygens (including phenoxy) is 1. The van der Waals surface area contributed by atoms with Crippen LogP contribution in [0.2, 0.25) is 0 Å². The van der Waals surface area contributed by atoms with Gasteiger partial charge in [-0.15, -0.1) is 0 Å². The number of hydrogen-bond acceptors (Lipinski definition) is 6. The molecule has 3 aromatic rings. The molecule has 0 atom stereocenters. The monoisotopic (exact) mass is 466 g/mol. The Hall–Kier alpha value is -3.53. The molecule has 2 aliphatic rings. The van der Waals surface area contributed by atoms with Crippen LogP contribution in [0.25, 0.3) is 10.9 Å². The predicted octanol–water partition coefficient (Wildman–Crippen LogP) is 2.03. The highest BCUT2D eigenvalue weighted by atomic mass is 19.1. The van der Waals surface area contributed by atoms with Crippen molar-refractivity contribution in [1.82, 2.24) is 24.6 Å². The van der Waals surface area contributed by atoms with Crippen LogP contribution in [0.5, 0.6) is 0 Å². The summed E-state index contributed by atoms with van der Waals surface area (Å²) in [6.07, 6.45) is 0.960. The summed E-state index contributed by atoms with van der Waals surface area (Å²) in [5.74, 6) is -1.03. The highest BCUT2D eigenvalue weighted by Gasteiger charge is 2.37. The molecular formula is C24H27FN6O3. The van der Waals surface area contributed by atoms with Crippen molar-refractivity contribution in [3.05, 3.63) is 53.6 Å². The summed E-state index contributed by atoms with van der Waals surface area (Å²) in [6, 6.07) is 9.03. The number of likely N-dealkylation sites (tertiary alicyclic amines) is 1. The number of hydrogen-bond donors (Lipinski definition) is 1. The largest absolute Gasteiger partial charge is 0.384 e. The fourth-order valence-corrected chi connectivity index (χ4v) is 4.72. The maximum absolute atomic E-state index is 14.1. The number of halogens is 1. The molecule has 178 valence electrons. The Kier molecular flexibility index (Phi) is 5.47. The smallest absolute Gasteiger partial charge is 0.257 e. The Morgan fingerprint density at radius 1 is 1.26 bits per heavy atom. The van der Waals surface area contributed by atoms with Gasteiger partial charge in [0.05, 0.1) is 41.7 Å². The number of nitrogen functional groups attached to an aromatic ring is 1. The number of nitrogens with two attached hydrogens (primary N) is 1. The number of fused-ring (bicyclic) bond motifs is 1. The van der Waals surface area contributed by atoms with Crippen LogP contribution in [0.4, 0.5) is 10.2 Å². The van der Waals surface area contributed by atoms with Crippen LogP contribution in [0.1, 0.15) is 35.8 Å². The molecule has 0 unspecified atom stereocenters. The van der Waals surface area contributed by atoms with Crippen molar-refractivity contribution in [3.8, 4) is 0 Å². The first-order valence-corrected chi connectivity index (χ1v) is 11.3. The van der Waals surface area contributed by atoms with Gasteiger partial charge in [-0.25, -0.2) is 9.37 Å². The molecule has 2 amide bonds. The Bertz CT molecular complexity index is 1270. The number of aromatic nitrogens is 3. The highest BCUT2D eigenvalue weighted by Crippen LogP contribution is 2.33. The van der Waals surface area contributed by atoms with Gasteiger partial charge in [0.2, 0.25) is 5.91 Å². The number of nitrogens with zero attached hydrogens (tertiary/aromatic N) is 5. The lowest BCUT2D eigenvalue weighted by atomic mass is 9.93. The summed E-state index contributed by atoms with van der Waals surface area (Å²) in [5, 5.41) is 5.74. The lowest BCUT2D eigenvalue weighted by molar-refractivity contribution is -0.147. The molecule has 10 heteroatoms. The van der Waals surface area contributed by atoms with Gasteiger partial charge in [0.15, 0.2) is 5.82 Å². The first kappa shape index (κ1) is 22.3. The van der Waals surface area contributed by atoms with Crippen molar-refractivity contribution in [1.29, 1.82) is 0 Å². The Balaban J connectivity index is 1.35. The van der Waals surface area contributed by atoms with Crippen molar-refractivity contribution in [2.75, 3.05) is 38.6 Å². The number of rotatable bonds is 4. The van der Waals surface area contributed by atoms with Crippen LogP contribution in [-0.4, -0.2) is 74.8 Å². The Morgan fingerprint density at radius 2 is 2.03 bits per heavy atom. The molecule has 0 aliphatic carbocycles. The van der Waals surface area contributed by atoms with Gasteiger partial charge in [0.25, 0.3) is 5.91 Å². The van der Waals surface area contributed by atoms with E-state index < -0.39 is 11.7 Å². The molecule has 2 aliphatic heterocycles. The van der Waals surface area contributed by atoms with E-state index in [1.807, 2.05) is 43.0 Å². The summed E-state index contributed by atoms with van der Waals surface area (Å²) in [4.78, 5) is 33.0. The van der Waals surface area contributed by atoms with Gasteiger partial charge in [-0.05, 0) is 26.0 Å². The molecule has 4 heterocycles. The molecule has 0 bridgehead atoms. The van der Waals surface area contributed by atoms with E-state index in [-0.39, 0.29) is 35.3 Å². The average Bonchev–Trinajstić information content (AvgIpc) is 3.12. The van der Waals surface area contributed by atoms with Crippen molar-refractivity contribution in [3.63, 3.8) is 0 Å². The Morgan fingerprint density at radius 3 is 2.79 bits per heavy atom. The second-order valence-electron chi connectivity index (χ2n) is 9.47. The third-order valence-electron chi connectivity index (χ3n) is 6.58. The van der Waals surface area contributed by atoms with Crippen molar-refractivity contribution >= 4 is 28.5 Å². The third kappa shape index (κ3) is 3.87. The molecule has 0 spiro atoms. The van der Waals surface area contributed by atoms with Crippen LogP contribution < -0.4 is 5.73 Å². The van der Waals surface area contributed by atoms with Crippen LogP contribution in [0.15, 0.2) is 36.5 Å². The molecule has 2 aromatic heterocycles. The molecule has 0 radical (unpaired) electrons. The number of pyridine rings is 1. The fraction of sp³-hybridized carbons (Fsp3) is 0.417. The number of para-hydroxylation sites is 1. The first-order valence-electron chi connectivity index (χ1n) is 11.3. The van der Waals surface area contributed by atoms with Crippen LogP contribution in [-0.2, 0) is 16.1 Å². The molecule has 2 N–H and O–H groups in total. The van der Waals surface area contributed by atoms with Gasteiger partial charge >= 0.3 is 0 Å². The van der Waals surface area contributed by atoms with Gasteiger partial charge in [-0.1, -0.05) is 18.2 Å². The topological polar surface area (TPSA) is 107 Å². The first-order chi connectivity index (χ1) is 16.2. The average molecular weight is 467 g/mol. The van der Waals surface area contributed by atoms with Crippen LogP contribution in [0.3, 0.4) is 0 Å². The third-order valence-corrected chi connectivity index (χ3v) is 6.58. The molecule has 9 nitrogen and oxygen atoms in total. The van der Waals surface area contributed by atoms with Gasteiger partial charge < -0.3 is 20.3 Å². The van der Waals surface area contributed by atoms with Gasteiger partial charge in [-0.2, -0.15) is 5.10 Å². The predicted molar refractivity (Wildman–Crippen MR) is 124 cm³/mol. The van der Waals surface area contributed by atoms with Crippen LogP contribution in [0, 0.1) is 5.82 Å². The lowest BCUT2D eigenvalue weighted by Crippen LogP contribution is -2.56. The number of carbonyl (C=O) groups excluding carboxylic acids is 2. The van der Waals surface area contributed by atoms with E-state index in [9.17, 15) is 14.0 Å². The summed E-state index contributed by atoms with van der Waals surface area (Å²) < 4.78 is 21.4. The summed E-state index contributed by atoms with van der Waals surface area (Å²) in [5.41, 5.74) is 6.87. The quantitative estimate of drug-likeness (QED) is 0.631. The maximum atomic E-state index is 14.1.